The Morgan fingerprint density at radius 1 is 1.32 bits per heavy atom. The molecule has 2 N–H and O–H groups in total. The minimum atomic E-state index is -0.717. The number of likely N-dealkylation sites (tertiary alicyclic amines) is 1. The molecule has 0 radical (unpaired) electrons. The summed E-state index contributed by atoms with van der Waals surface area (Å²) in [5, 5.41) is 9.71. The lowest BCUT2D eigenvalue weighted by Gasteiger charge is -2.27. The van der Waals surface area contributed by atoms with Crippen molar-refractivity contribution in [1.29, 1.82) is 5.26 Å². The molecule has 1 atom stereocenters. The van der Waals surface area contributed by atoms with Gasteiger partial charge in [0.1, 0.15) is 24.0 Å². The standard InChI is InChI=1S/C23H29N3O5/c1-4-29-23(27)20-15(2)31-22(25)17(14-24)21(20)16-7-8-18(19(13-16)28-3)30-12-11-26-9-5-6-10-26/h7-8,13,21H,4-6,9-12,25H2,1-3H3. The molecule has 0 saturated carbocycles. The molecule has 2 aliphatic heterocycles. The largest absolute Gasteiger partial charge is 0.493 e. The van der Waals surface area contributed by atoms with Gasteiger partial charge in [-0.1, -0.05) is 6.07 Å². The van der Waals surface area contributed by atoms with Crippen molar-refractivity contribution in [1.82, 2.24) is 4.90 Å². The van der Waals surface area contributed by atoms with Gasteiger partial charge in [-0.2, -0.15) is 5.26 Å². The number of hydrogen-bond donors (Lipinski definition) is 1. The van der Waals surface area contributed by atoms with Crippen LogP contribution in [0.4, 0.5) is 0 Å². The third-order valence-corrected chi connectivity index (χ3v) is 5.49. The lowest BCUT2D eigenvalue weighted by atomic mass is 9.83. The summed E-state index contributed by atoms with van der Waals surface area (Å²) in [6.45, 7) is 7.18. The number of methoxy groups -OCH3 is 1. The zero-order chi connectivity index (χ0) is 22.4. The van der Waals surface area contributed by atoms with Crippen molar-refractivity contribution in [2.75, 3.05) is 40.0 Å². The van der Waals surface area contributed by atoms with Crippen LogP contribution in [0.1, 0.15) is 38.2 Å². The second-order valence-corrected chi connectivity index (χ2v) is 7.42. The minimum absolute atomic E-state index is 0.0250. The number of rotatable bonds is 8. The third-order valence-electron chi connectivity index (χ3n) is 5.49. The summed E-state index contributed by atoms with van der Waals surface area (Å²) < 4.78 is 22.1. The Morgan fingerprint density at radius 2 is 2.06 bits per heavy atom. The summed E-state index contributed by atoms with van der Waals surface area (Å²) in [5.74, 6) is 0.141. The highest BCUT2D eigenvalue weighted by Gasteiger charge is 2.36. The first-order valence-electron chi connectivity index (χ1n) is 10.5. The average molecular weight is 428 g/mol. The molecule has 8 nitrogen and oxygen atoms in total. The van der Waals surface area contributed by atoms with Crippen LogP contribution in [0, 0.1) is 11.3 Å². The number of benzene rings is 1. The third kappa shape index (κ3) is 4.94. The maximum absolute atomic E-state index is 12.7. The van der Waals surface area contributed by atoms with Gasteiger partial charge in [-0.05, 0) is 57.5 Å². The molecular formula is C23H29N3O5. The fourth-order valence-electron chi connectivity index (χ4n) is 3.96. The quantitative estimate of drug-likeness (QED) is 0.631. The van der Waals surface area contributed by atoms with Crippen molar-refractivity contribution in [3.63, 3.8) is 0 Å². The van der Waals surface area contributed by atoms with Gasteiger partial charge in [-0.25, -0.2) is 4.79 Å². The van der Waals surface area contributed by atoms with Gasteiger partial charge in [0.05, 0.1) is 25.2 Å². The summed E-state index contributed by atoms with van der Waals surface area (Å²) >= 11 is 0. The van der Waals surface area contributed by atoms with Gasteiger partial charge >= 0.3 is 5.97 Å². The maximum atomic E-state index is 12.7. The number of nitrogens with two attached hydrogens (primary N) is 1. The number of ether oxygens (including phenoxy) is 4. The Hall–Kier alpha value is -3.18. The van der Waals surface area contributed by atoms with Gasteiger partial charge in [0.25, 0.3) is 0 Å². The van der Waals surface area contributed by atoms with Crippen molar-refractivity contribution in [3.8, 4) is 17.6 Å². The van der Waals surface area contributed by atoms with Gasteiger partial charge in [-0.3, -0.25) is 4.90 Å². The van der Waals surface area contributed by atoms with Crippen LogP contribution in [0.25, 0.3) is 0 Å². The molecule has 1 aromatic rings. The predicted molar refractivity (Wildman–Crippen MR) is 114 cm³/mol. The first kappa shape index (κ1) is 22.5. The highest BCUT2D eigenvalue weighted by Crippen LogP contribution is 2.42. The van der Waals surface area contributed by atoms with Crippen molar-refractivity contribution in [2.45, 2.75) is 32.6 Å². The molecule has 0 bridgehead atoms. The molecule has 1 fully saturated rings. The molecule has 2 heterocycles. The summed E-state index contributed by atoms with van der Waals surface area (Å²) in [7, 11) is 1.55. The van der Waals surface area contributed by atoms with Crippen LogP contribution in [0.15, 0.2) is 41.0 Å². The van der Waals surface area contributed by atoms with Gasteiger partial charge in [-0.15, -0.1) is 0 Å². The number of carbonyl (C=O) groups is 1. The van der Waals surface area contributed by atoms with Crippen molar-refractivity contribution in [3.05, 3.63) is 46.6 Å². The zero-order valence-electron chi connectivity index (χ0n) is 18.3. The van der Waals surface area contributed by atoms with Crippen molar-refractivity contribution in [2.24, 2.45) is 5.73 Å². The highest BCUT2D eigenvalue weighted by molar-refractivity contribution is 5.92. The van der Waals surface area contributed by atoms with E-state index in [9.17, 15) is 10.1 Å². The van der Waals surface area contributed by atoms with Crippen LogP contribution >= 0.6 is 0 Å². The van der Waals surface area contributed by atoms with E-state index in [0.29, 0.717) is 29.4 Å². The smallest absolute Gasteiger partial charge is 0.338 e. The number of hydrogen-bond acceptors (Lipinski definition) is 8. The molecular weight excluding hydrogens is 398 g/mol. The van der Waals surface area contributed by atoms with E-state index < -0.39 is 11.9 Å². The van der Waals surface area contributed by atoms with Crippen LogP contribution < -0.4 is 15.2 Å². The Balaban J connectivity index is 1.89. The van der Waals surface area contributed by atoms with Crippen molar-refractivity contribution < 1.29 is 23.7 Å². The number of nitrogens with zero attached hydrogens (tertiary/aromatic N) is 2. The molecule has 0 spiro atoms. The Kier molecular flexibility index (Phi) is 7.42. The van der Waals surface area contributed by atoms with Gasteiger partial charge < -0.3 is 24.7 Å². The first-order valence-corrected chi connectivity index (χ1v) is 10.5. The van der Waals surface area contributed by atoms with Gasteiger partial charge in [0.15, 0.2) is 11.5 Å². The molecule has 8 heteroatoms. The maximum Gasteiger partial charge on any atom is 0.338 e. The summed E-state index contributed by atoms with van der Waals surface area (Å²) in [4.78, 5) is 15.0. The lowest BCUT2D eigenvalue weighted by Crippen LogP contribution is -2.26. The lowest BCUT2D eigenvalue weighted by molar-refractivity contribution is -0.139. The van der Waals surface area contributed by atoms with E-state index in [-0.39, 0.29) is 23.6 Å². The predicted octanol–water partition coefficient (Wildman–Crippen LogP) is 2.81. The van der Waals surface area contributed by atoms with E-state index in [1.165, 1.54) is 12.8 Å². The van der Waals surface area contributed by atoms with E-state index >= 15 is 0 Å². The van der Waals surface area contributed by atoms with Crippen LogP contribution in [-0.4, -0.2) is 50.8 Å². The van der Waals surface area contributed by atoms with Crippen LogP contribution in [0.2, 0.25) is 0 Å². The molecule has 166 valence electrons. The van der Waals surface area contributed by atoms with E-state index in [1.54, 1.807) is 39.2 Å². The molecule has 1 unspecified atom stereocenters. The van der Waals surface area contributed by atoms with Crippen LogP contribution in [0.3, 0.4) is 0 Å². The molecule has 0 aliphatic carbocycles. The summed E-state index contributed by atoms with van der Waals surface area (Å²) in [6.07, 6.45) is 2.47. The average Bonchev–Trinajstić information content (AvgIpc) is 3.27. The first-order chi connectivity index (χ1) is 15.0. The fourth-order valence-corrected chi connectivity index (χ4v) is 3.96. The molecule has 0 amide bonds. The van der Waals surface area contributed by atoms with E-state index in [0.717, 1.165) is 19.6 Å². The molecule has 1 aromatic carbocycles. The second-order valence-electron chi connectivity index (χ2n) is 7.42. The second kappa shape index (κ2) is 10.2. The molecule has 0 aromatic heterocycles. The highest BCUT2D eigenvalue weighted by atomic mass is 16.5. The minimum Gasteiger partial charge on any atom is -0.493 e. The molecule has 1 saturated heterocycles. The van der Waals surface area contributed by atoms with Crippen LogP contribution in [0.5, 0.6) is 11.5 Å². The molecule has 2 aliphatic rings. The monoisotopic (exact) mass is 427 g/mol. The number of carbonyl (C=O) groups excluding carboxylic acids is 1. The Bertz CT molecular complexity index is 926. The number of esters is 1. The topological polar surface area (TPSA) is 107 Å². The van der Waals surface area contributed by atoms with Gasteiger partial charge in [0, 0.05) is 6.54 Å². The van der Waals surface area contributed by atoms with E-state index in [2.05, 4.69) is 11.0 Å². The Labute approximate surface area is 182 Å². The van der Waals surface area contributed by atoms with Gasteiger partial charge in [0.2, 0.25) is 5.88 Å². The normalized spacial score (nSPS) is 19.1. The zero-order valence-corrected chi connectivity index (χ0v) is 18.3. The molecule has 31 heavy (non-hydrogen) atoms. The summed E-state index contributed by atoms with van der Waals surface area (Å²) in [5.41, 5.74) is 7.02. The van der Waals surface area contributed by atoms with Crippen molar-refractivity contribution >= 4 is 5.97 Å². The fraction of sp³-hybridized carbons (Fsp3) is 0.478. The summed E-state index contributed by atoms with van der Waals surface area (Å²) in [6, 6.07) is 7.43. The molecule has 3 rings (SSSR count). The van der Waals surface area contributed by atoms with Crippen LogP contribution in [-0.2, 0) is 14.3 Å². The van der Waals surface area contributed by atoms with E-state index in [4.69, 9.17) is 24.7 Å². The SMILES string of the molecule is CCOC(=O)C1=C(C)OC(N)=C(C#N)C1c1ccc(OCCN2CCCC2)c(OC)c1. The van der Waals surface area contributed by atoms with E-state index in [1.807, 2.05) is 0 Å². The Morgan fingerprint density at radius 3 is 2.71 bits per heavy atom. The number of nitriles is 1. The number of allylic oxidation sites excluding steroid dienone is 2.